The van der Waals surface area contributed by atoms with Gasteiger partial charge in [-0.2, -0.15) is 5.26 Å². The summed E-state index contributed by atoms with van der Waals surface area (Å²) in [5.41, 5.74) is -0.130. The van der Waals surface area contributed by atoms with Crippen molar-refractivity contribution in [2.24, 2.45) is 0 Å². The van der Waals surface area contributed by atoms with Crippen LogP contribution >= 0.6 is 0 Å². The molecule has 0 amide bonds. The second kappa shape index (κ2) is 3.94. The predicted octanol–water partition coefficient (Wildman–Crippen LogP) is 1.23. The Kier molecular flexibility index (Phi) is 2.60. The van der Waals surface area contributed by atoms with Crippen molar-refractivity contribution >= 4 is 0 Å². The summed E-state index contributed by atoms with van der Waals surface area (Å²) in [5.74, 6) is 1.46. The van der Waals surface area contributed by atoms with Crippen molar-refractivity contribution in [1.82, 2.24) is 24.7 Å². The Labute approximate surface area is 99.0 Å². The molecule has 0 spiro atoms. The van der Waals surface area contributed by atoms with Gasteiger partial charge in [0, 0.05) is 17.7 Å². The van der Waals surface area contributed by atoms with Gasteiger partial charge in [0.15, 0.2) is 5.82 Å². The van der Waals surface area contributed by atoms with E-state index in [-0.39, 0.29) is 11.2 Å². The molecule has 0 saturated heterocycles. The van der Waals surface area contributed by atoms with Crippen LogP contribution in [0.4, 0.5) is 0 Å². The highest BCUT2D eigenvalue weighted by Gasteiger charge is 2.17. The third-order valence-corrected chi connectivity index (χ3v) is 2.14. The topological polar surface area (TPSA) is 80.3 Å². The molecular formula is C11H12N6. The van der Waals surface area contributed by atoms with Gasteiger partial charge in [0.25, 0.3) is 5.82 Å². The van der Waals surface area contributed by atoms with E-state index in [1.54, 1.807) is 12.3 Å². The van der Waals surface area contributed by atoms with Crippen LogP contribution < -0.4 is 0 Å². The van der Waals surface area contributed by atoms with Crippen LogP contribution in [0.25, 0.3) is 5.82 Å². The minimum atomic E-state index is -0.130. The van der Waals surface area contributed by atoms with Crippen LogP contribution in [-0.2, 0) is 5.41 Å². The molecule has 0 unspecified atom stereocenters. The first-order chi connectivity index (χ1) is 8.00. The van der Waals surface area contributed by atoms with E-state index in [1.807, 2.05) is 26.8 Å². The van der Waals surface area contributed by atoms with Crippen molar-refractivity contribution in [3.8, 4) is 11.9 Å². The van der Waals surface area contributed by atoms with Crippen molar-refractivity contribution < 1.29 is 0 Å². The average Bonchev–Trinajstić information content (AvgIpc) is 2.76. The summed E-state index contributed by atoms with van der Waals surface area (Å²) in [7, 11) is 0. The van der Waals surface area contributed by atoms with E-state index in [1.165, 1.54) is 11.0 Å². The first-order valence-electron chi connectivity index (χ1n) is 5.16. The van der Waals surface area contributed by atoms with E-state index in [0.717, 1.165) is 5.82 Å². The normalized spacial score (nSPS) is 11.2. The molecule has 2 aromatic heterocycles. The van der Waals surface area contributed by atoms with Crippen LogP contribution in [0, 0.1) is 11.3 Å². The molecule has 2 rings (SSSR count). The lowest BCUT2D eigenvalue weighted by atomic mass is 9.96. The molecule has 0 aliphatic rings. The zero-order chi connectivity index (χ0) is 12.5. The average molecular weight is 228 g/mol. The molecule has 6 heteroatoms. The second-order valence-corrected chi connectivity index (χ2v) is 4.61. The molecule has 0 atom stereocenters. The quantitative estimate of drug-likeness (QED) is 0.733. The number of rotatable bonds is 1. The molecule has 0 fully saturated rings. The van der Waals surface area contributed by atoms with Gasteiger partial charge in [0.1, 0.15) is 18.2 Å². The van der Waals surface area contributed by atoms with Crippen LogP contribution in [0.3, 0.4) is 0 Å². The third kappa shape index (κ3) is 2.28. The molecule has 0 aliphatic carbocycles. The zero-order valence-corrected chi connectivity index (χ0v) is 9.92. The summed E-state index contributed by atoms with van der Waals surface area (Å²) in [6.07, 6.45) is 3.14. The highest BCUT2D eigenvalue weighted by Crippen LogP contribution is 2.18. The molecule has 2 aromatic rings. The fourth-order valence-corrected chi connectivity index (χ4v) is 1.26. The van der Waals surface area contributed by atoms with Crippen LogP contribution in [-0.4, -0.2) is 24.7 Å². The number of nitriles is 1. The maximum Gasteiger partial charge on any atom is 0.252 e. The van der Waals surface area contributed by atoms with Crippen LogP contribution in [0.15, 0.2) is 18.6 Å². The van der Waals surface area contributed by atoms with Gasteiger partial charge in [-0.05, 0) is 0 Å². The summed E-state index contributed by atoms with van der Waals surface area (Å²) >= 11 is 0. The zero-order valence-electron chi connectivity index (χ0n) is 9.92. The summed E-state index contributed by atoms with van der Waals surface area (Å²) in [6, 6.07) is 3.60. The van der Waals surface area contributed by atoms with Crippen molar-refractivity contribution in [2.45, 2.75) is 26.2 Å². The molecule has 2 heterocycles. The summed E-state index contributed by atoms with van der Waals surface area (Å²) < 4.78 is 1.47. The van der Waals surface area contributed by atoms with Crippen molar-refractivity contribution in [1.29, 1.82) is 5.26 Å². The maximum absolute atomic E-state index is 8.66. The Balaban J connectivity index is 2.44. The monoisotopic (exact) mass is 228 g/mol. The largest absolute Gasteiger partial charge is 0.252 e. The Morgan fingerprint density at radius 1 is 1.29 bits per heavy atom. The fraction of sp³-hybridized carbons (Fsp3) is 0.364. The Bertz CT molecular complexity index is 572. The second-order valence-electron chi connectivity index (χ2n) is 4.61. The van der Waals surface area contributed by atoms with E-state index >= 15 is 0 Å². The van der Waals surface area contributed by atoms with E-state index in [9.17, 15) is 0 Å². The highest BCUT2D eigenvalue weighted by atomic mass is 15.4. The molecule has 17 heavy (non-hydrogen) atoms. The van der Waals surface area contributed by atoms with Gasteiger partial charge in [-0.1, -0.05) is 20.8 Å². The van der Waals surface area contributed by atoms with Gasteiger partial charge in [-0.15, -0.1) is 5.10 Å². The molecule has 0 aromatic carbocycles. The number of hydrogen-bond donors (Lipinski definition) is 0. The number of hydrogen-bond acceptors (Lipinski definition) is 5. The molecule has 0 N–H and O–H groups in total. The number of aromatic nitrogens is 5. The summed E-state index contributed by atoms with van der Waals surface area (Å²) in [4.78, 5) is 12.5. The van der Waals surface area contributed by atoms with Crippen LogP contribution in [0.2, 0.25) is 0 Å². The SMILES string of the molecule is CC(C)(C)c1nccc(-n2cnc(C#N)n2)n1. The minimum absolute atomic E-state index is 0.126. The lowest BCUT2D eigenvalue weighted by molar-refractivity contribution is 0.542. The molecular weight excluding hydrogens is 216 g/mol. The third-order valence-electron chi connectivity index (χ3n) is 2.14. The van der Waals surface area contributed by atoms with E-state index in [2.05, 4.69) is 20.1 Å². The van der Waals surface area contributed by atoms with Gasteiger partial charge in [0.05, 0.1) is 0 Å². The van der Waals surface area contributed by atoms with Gasteiger partial charge in [-0.25, -0.2) is 19.6 Å². The molecule has 0 aliphatic heterocycles. The Morgan fingerprint density at radius 2 is 2.06 bits per heavy atom. The first kappa shape index (κ1) is 11.2. The summed E-state index contributed by atoms with van der Waals surface area (Å²) in [6.45, 7) is 6.11. The summed E-state index contributed by atoms with van der Waals surface area (Å²) in [5, 5.41) is 12.6. The first-order valence-corrected chi connectivity index (χ1v) is 5.16. The van der Waals surface area contributed by atoms with Crippen LogP contribution in [0.1, 0.15) is 32.4 Å². The van der Waals surface area contributed by atoms with Gasteiger partial charge in [-0.3, -0.25) is 0 Å². The Hall–Kier alpha value is -2.29. The van der Waals surface area contributed by atoms with Crippen LogP contribution in [0.5, 0.6) is 0 Å². The standard InChI is InChI=1S/C11H12N6/c1-11(2,3)10-13-5-4-9(15-10)17-7-14-8(6-12)16-17/h4-5,7H,1-3H3. The molecule has 86 valence electrons. The highest BCUT2D eigenvalue weighted by molar-refractivity contribution is 5.22. The van der Waals surface area contributed by atoms with Crippen molar-refractivity contribution in [3.05, 3.63) is 30.2 Å². The lowest BCUT2D eigenvalue weighted by Gasteiger charge is -2.16. The van der Waals surface area contributed by atoms with Gasteiger partial charge in [0.2, 0.25) is 0 Å². The maximum atomic E-state index is 8.66. The van der Waals surface area contributed by atoms with E-state index in [4.69, 9.17) is 5.26 Å². The van der Waals surface area contributed by atoms with Gasteiger partial charge >= 0.3 is 0 Å². The van der Waals surface area contributed by atoms with E-state index < -0.39 is 0 Å². The van der Waals surface area contributed by atoms with Crippen molar-refractivity contribution in [3.63, 3.8) is 0 Å². The smallest absolute Gasteiger partial charge is 0.241 e. The van der Waals surface area contributed by atoms with Gasteiger partial charge < -0.3 is 0 Å². The lowest BCUT2D eigenvalue weighted by Crippen LogP contribution is -2.17. The minimum Gasteiger partial charge on any atom is -0.241 e. The fourth-order valence-electron chi connectivity index (χ4n) is 1.26. The van der Waals surface area contributed by atoms with Crippen molar-refractivity contribution in [2.75, 3.05) is 0 Å². The molecule has 0 bridgehead atoms. The molecule has 0 radical (unpaired) electrons. The Morgan fingerprint density at radius 3 is 2.65 bits per heavy atom. The molecule has 0 saturated carbocycles. The predicted molar refractivity (Wildman–Crippen MR) is 60.4 cm³/mol. The molecule has 6 nitrogen and oxygen atoms in total. The number of nitrogens with zero attached hydrogens (tertiary/aromatic N) is 6. The van der Waals surface area contributed by atoms with E-state index in [0.29, 0.717) is 5.82 Å².